The van der Waals surface area contributed by atoms with Crippen LogP contribution in [0.4, 0.5) is 10.1 Å². The van der Waals surface area contributed by atoms with Crippen LogP contribution in [0.25, 0.3) is 0 Å². The molecule has 0 aromatic heterocycles. The van der Waals surface area contributed by atoms with Crippen LogP contribution in [-0.4, -0.2) is 31.3 Å². The lowest BCUT2D eigenvalue weighted by Crippen LogP contribution is -2.37. The molecule has 100 valence electrons. The highest BCUT2D eigenvalue weighted by atomic mass is 19.1. The summed E-state index contributed by atoms with van der Waals surface area (Å²) in [6.07, 6.45) is 1.18. The zero-order valence-electron chi connectivity index (χ0n) is 11.0. The number of benzene rings is 1. The minimum absolute atomic E-state index is 0.113. The predicted molar refractivity (Wildman–Crippen MR) is 71.3 cm³/mol. The maximum absolute atomic E-state index is 14.1. The van der Waals surface area contributed by atoms with E-state index >= 15 is 0 Å². The SMILES string of the molecule is CNC(C)c1cccc(F)c1N1CCC(O)CC1. The average Bonchev–Trinajstić information content (AvgIpc) is 2.39. The summed E-state index contributed by atoms with van der Waals surface area (Å²) in [4.78, 5) is 2.05. The Morgan fingerprint density at radius 1 is 1.39 bits per heavy atom. The Bertz CT molecular complexity index is 403. The van der Waals surface area contributed by atoms with Crippen molar-refractivity contribution in [3.05, 3.63) is 29.6 Å². The number of aliphatic hydroxyl groups is 1. The molecule has 18 heavy (non-hydrogen) atoms. The quantitative estimate of drug-likeness (QED) is 0.864. The molecule has 0 saturated carbocycles. The molecule has 3 nitrogen and oxygen atoms in total. The largest absolute Gasteiger partial charge is 0.393 e. The Labute approximate surface area is 108 Å². The molecule has 1 atom stereocenters. The Kier molecular flexibility index (Phi) is 4.19. The summed E-state index contributed by atoms with van der Waals surface area (Å²) in [5.41, 5.74) is 1.67. The second-order valence-electron chi connectivity index (χ2n) is 4.91. The summed E-state index contributed by atoms with van der Waals surface area (Å²) in [5, 5.41) is 12.7. The predicted octanol–water partition coefficient (Wildman–Crippen LogP) is 2.07. The molecule has 2 N–H and O–H groups in total. The van der Waals surface area contributed by atoms with Crippen LogP contribution < -0.4 is 10.2 Å². The van der Waals surface area contributed by atoms with Gasteiger partial charge in [-0.3, -0.25) is 0 Å². The number of hydrogen-bond donors (Lipinski definition) is 2. The molecule has 0 bridgehead atoms. The lowest BCUT2D eigenvalue weighted by molar-refractivity contribution is 0.145. The summed E-state index contributed by atoms with van der Waals surface area (Å²) in [6, 6.07) is 5.33. The van der Waals surface area contributed by atoms with Crippen molar-refractivity contribution in [2.75, 3.05) is 25.0 Å². The second-order valence-corrected chi connectivity index (χ2v) is 4.91. The van der Waals surface area contributed by atoms with Crippen molar-refractivity contribution < 1.29 is 9.50 Å². The lowest BCUT2D eigenvalue weighted by Gasteiger charge is -2.34. The van der Waals surface area contributed by atoms with E-state index in [0.717, 1.165) is 5.56 Å². The maximum Gasteiger partial charge on any atom is 0.146 e. The summed E-state index contributed by atoms with van der Waals surface area (Å²) < 4.78 is 14.1. The smallest absolute Gasteiger partial charge is 0.146 e. The fourth-order valence-electron chi connectivity index (χ4n) is 2.46. The van der Waals surface area contributed by atoms with E-state index in [0.29, 0.717) is 31.6 Å². The number of piperidine rings is 1. The van der Waals surface area contributed by atoms with Crippen LogP contribution in [0.2, 0.25) is 0 Å². The molecule has 0 radical (unpaired) electrons. The fourth-order valence-corrected chi connectivity index (χ4v) is 2.46. The number of rotatable bonds is 3. The zero-order valence-corrected chi connectivity index (χ0v) is 11.0. The van der Waals surface area contributed by atoms with E-state index in [1.807, 2.05) is 24.9 Å². The van der Waals surface area contributed by atoms with Crippen molar-refractivity contribution in [1.82, 2.24) is 5.32 Å². The van der Waals surface area contributed by atoms with Crippen molar-refractivity contribution >= 4 is 5.69 Å². The molecule has 2 rings (SSSR count). The molecule has 0 aliphatic carbocycles. The van der Waals surface area contributed by atoms with Gasteiger partial charge in [0.15, 0.2) is 0 Å². The first-order chi connectivity index (χ1) is 8.63. The van der Waals surface area contributed by atoms with E-state index in [-0.39, 0.29) is 18.0 Å². The van der Waals surface area contributed by atoms with Gasteiger partial charge in [0, 0.05) is 19.1 Å². The van der Waals surface area contributed by atoms with E-state index in [1.54, 1.807) is 6.07 Å². The minimum Gasteiger partial charge on any atom is -0.393 e. The van der Waals surface area contributed by atoms with E-state index in [2.05, 4.69) is 5.32 Å². The van der Waals surface area contributed by atoms with Gasteiger partial charge in [-0.25, -0.2) is 4.39 Å². The number of aliphatic hydroxyl groups excluding tert-OH is 1. The Hall–Kier alpha value is -1.13. The third-order valence-electron chi connectivity index (χ3n) is 3.70. The van der Waals surface area contributed by atoms with Crippen LogP contribution in [0.5, 0.6) is 0 Å². The van der Waals surface area contributed by atoms with Gasteiger partial charge in [-0.05, 0) is 38.4 Å². The summed E-state index contributed by atoms with van der Waals surface area (Å²) in [5.74, 6) is -0.175. The highest BCUT2D eigenvalue weighted by molar-refractivity contribution is 5.56. The minimum atomic E-state index is -0.238. The summed E-state index contributed by atoms with van der Waals surface area (Å²) >= 11 is 0. The van der Waals surface area contributed by atoms with Crippen molar-refractivity contribution in [2.45, 2.75) is 31.9 Å². The van der Waals surface area contributed by atoms with Crippen molar-refractivity contribution in [1.29, 1.82) is 0 Å². The molecule has 1 fully saturated rings. The molecular formula is C14H21FN2O. The number of anilines is 1. The van der Waals surface area contributed by atoms with Gasteiger partial charge in [-0.1, -0.05) is 12.1 Å². The molecular weight excluding hydrogens is 231 g/mol. The molecule has 1 aromatic carbocycles. The van der Waals surface area contributed by atoms with Gasteiger partial charge >= 0.3 is 0 Å². The first kappa shape index (κ1) is 13.3. The van der Waals surface area contributed by atoms with E-state index < -0.39 is 0 Å². The fraction of sp³-hybridized carbons (Fsp3) is 0.571. The molecule has 1 aliphatic rings. The standard InChI is InChI=1S/C14H21FN2O/c1-10(16-2)12-4-3-5-13(15)14(12)17-8-6-11(18)7-9-17/h3-5,10-11,16,18H,6-9H2,1-2H3. The van der Waals surface area contributed by atoms with Crippen LogP contribution in [-0.2, 0) is 0 Å². The van der Waals surface area contributed by atoms with Crippen LogP contribution >= 0.6 is 0 Å². The van der Waals surface area contributed by atoms with Gasteiger partial charge in [0.05, 0.1) is 11.8 Å². The topological polar surface area (TPSA) is 35.5 Å². The molecule has 1 aliphatic heterocycles. The van der Waals surface area contributed by atoms with Gasteiger partial charge < -0.3 is 15.3 Å². The third kappa shape index (κ3) is 2.65. The third-order valence-corrected chi connectivity index (χ3v) is 3.70. The Morgan fingerprint density at radius 2 is 2.06 bits per heavy atom. The van der Waals surface area contributed by atoms with Gasteiger partial charge in [0.2, 0.25) is 0 Å². The van der Waals surface area contributed by atoms with Crippen LogP contribution in [0.3, 0.4) is 0 Å². The lowest BCUT2D eigenvalue weighted by atomic mass is 10.0. The molecule has 0 amide bonds. The first-order valence-electron chi connectivity index (χ1n) is 6.52. The Morgan fingerprint density at radius 3 is 2.67 bits per heavy atom. The van der Waals surface area contributed by atoms with Crippen molar-refractivity contribution in [3.8, 4) is 0 Å². The van der Waals surface area contributed by atoms with E-state index in [9.17, 15) is 9.50 Å². The molecule has 4 heteroatoms. The number of nitrogens with one attached hydrogen (secondary N) is 1. The number of nitrogens with zero attached hydrogens (tertiary/aromatic N) is 1. The molecule has 1 heterocycles. The summed E-state index contributed by atoms with van der Waals surface area (Å²) in [7, 11) is 1.87. The number of halogens is 1. The van der Waals surface area contributed by atoms with Crippen molar-refractivity contribution in [3.63, 3.8) is 0 Å². The van der Waals surface area contributed by atoms with Crippen LogP contribution in [0.1, 0.15) is 31.4 Å². The van der Waals surface area contributed by atoms with Crippen LogP contribution in [0, 0.1) is 5.82 Å². The van der Waals surface area contributed by atoms with Gasteiger partial charge in [-0.15, -0.1) is 0 Å². The Balaban J connectivity index is 2.30. The molecule has 1 aromatic rings. The number of hydrogen-bond acceptors (Lipinski definition) is 3. The number of para-hydroxylation sites is 1. The zero-order chi connectivity index (χ0) is 13.1. The monoisotopic (exact) mass is 252 g/mol. The average molecular weight is 252 g/mol. The summed E-state index contributed by atoms with van der Waals surface area (Å²) in [6.45, 7) is 3.45. The van der Waals surface area contributed by atoms with E-state index in [1.165, 1.54) is 6.07 Å². The highest BCUT2D eigenvalue weighted by Gasteiger charge is 2.23. The highest BCUT2D eigenvalue weighted by Crippen LogP contribution is 2.31. The van der Waals surface area contributed by atoms with Gasteiger partial charge in [-0.2, -0.15) is 0 Å². The van der Waals surface area contributed by atoms with Crippen molar-refractivity contribution in [2.24, 2.45) is 0 Å². The normalized spacial score (nSPS) is 19.0. The molecule has 1 unspecified atom stereocenters. The second kappa shape index (κ2) is 5.67. The molecule has 0 spiro atoms. The van der Waals surface area contributed by atoms with Gasteiger partial charge in [0.1, 0.15) is 5.82 Å². The van der Waals surface area contributed by atoms with Crippen LogP contribution in [0.15, 0.2) is 18.2 Å². The van der Waals surface area contributed by atoms with Gasteiger partial charge in [0.25, 0.3) is 0 Å². The van der Waals surface area contributed by atoms with E-state index in [4.69, 9.17) is 0 Å². The maximum atomic E-state index is 14.1. The first-order valence-corrected chi connectivity index (χ1v) is 6.52. The molecule has 1 saturated heterocycles.